The van der Waals surface area contributed by atoms with Gasteiger partial charge in [0.05, 0.1) is 0 Å². The zero-order valence-electron chi connectivity index (χ0n) is 7.60. The summed E-state index contributed by atoms with van der Waals surface area (Å²) in [6, 6.07) is 0.0894. The van der Waals surface area contributed by atoms with Crippen molar-refractivity contribution in [1.29, 1.82) is 0 Å². The van der Waals surface area contributed by atoms with E-state index in [-0.39, 0.29) is 6.03 Å². The molecule has 1 rings (SSSR count). The van der Waals surface area contributed by atoms with Gasteiger partial charge in [0.25, 0.3) is 0 Å². The van der Waals surface area contributed by atoms with Gasteiger partial charge < -0.3 is 15.5 Å². The number of hydrogen-bond acceptors (Lipinski definition) is 2. The van der Waals surface area contributed by atoms with Gasteiger partial charge in [0.2, 0.25) is 0 Å². The molecule has 0 aliphatic carbocycles. The third-order valence-corrected chi connectivity index (χ3v) is 1.98. The van der Waals surface area contributed by atoms with Crippen LogP contribution in [0.1, 0.15) is 13.3 Å². The quantitative estimate of drug-likeness (QED) is 0.572. The minimum Gasteiger partial charge on any atom is -0.336 e. The average molecular weight is 171 g/mol. The van der Waals surface area contributed by atoms with Gasteiger partial charge in [0, 0.05) is 19.6 Å². The molecule has 2 N–H and O–H groups in total. The topological polar surface area (TPSA) is 44.4 Å². The summed E-state index contributed by atoms with van der Waals surface area (Å²) in [7, 11) is 0. The van der Waals surface area contributed by atoms with Crippen LogP contribution in [0.5, 0.6) is 0 Å². The van der Waals surface area contributed by atoms with E-state index in [1.165, 1.54) is 0 Å². The van der Waals surface area contributed by atoms with Gasteiger partial charge in [-0.3, -0.25) is 0 Å². The molecule has 1 fully saturated rings. The van der Waals surface area contributed by atoms with E-state index < -0.39 is 0 Å². The van der Waals surface area contributed by atoms with Crippen molar-refractivity contribution in [1.82, 2.24) is 15.5 Å². The van der Waals surface area contributed by atoms with Crippen molar-refractivity contribution in [2.75, 3.05) is 32.7 Å². The maximum Gasteiger partial charge on any atom is 0.317 e. The number of nitrogens with zero attached hydrogens (tertiary/aromatic N) is 1. The Morgan fingerprint density at radius 2 is 2.50 bits per heavy atom. The molecule has 4 nitrogen and oxygen atoms in total. The van der Waals surface area contributed by atoms with Crippen LogP contribution in [-0.4, -0.2) is 43.7 Å². The van der Waals surface area contributed by atoms with Gasteiger partial charge in [-0.1, -0.05) is 6.92 Å². The number of carbonyl (C=O) groups excluding carboxylic acids is 1. The number of urea groups is 1. The van der Waals surface area contributed by atoms with E-state index >= 15 is 0 Å². The summed E-state index contributed by atoms with van der Waals surface area (Å²) in [6.45, 7) is 6.64. The van der Waals surface area contributed by atoms with Gasteiger partial charge in [-0.15, -0.1) is 0 Å². The predicted molar refractivity (Wildman–Crippen MR) is 48.1 cm³/mol. The monoisotopic (exact) mass is 171 g/mol. The van der Waals surface area contributed by atoms with E-state index in [4.69, 9.17) is 0 Å². The molecule has 0 spiro atoms. The fourth-order valence-electron chi connectivity index (χ4n) is 1.30. The number of carbonyl (C=O) groups is 1. The van der Waals surface area contributed by atoms with Crippen molar-refractivity contribution < 1.29 is 4.79 Å². The van der Waals surface area contributed by atoms with Crippen LogP contribution in [0.3, 0.4) is 0 Å². The largest absolute Gasteiger partial charge is 0.336 e. The van der Waals surface area contributed by atoms with Crippen molar-refractivity contribution in [3.8, 4) is 0 Å². The highest BCUT2D eigenvalue weighted by molar-refractivity contribution is 5.76. The molecule has 2 amide bonds. The SMILES string of the molecule is CCNCCCN1CCNC1=O. The summed E-state index contributed by atoms with van der Waals surface area (Å²) < 4.78 is 0. The molecular formula is C8H17N3O. The zero-order chi connectivity index (χ0) is 8.81. The van der Waals surface area contributed by atoms with Crippen LogP contribution in [0.25, 0.3) is 0 Å². The number of nitrogens with one attached hydrogen (secondary N) is 2. The first-order chi connectivity index (χ1) is 5.84. The molecule has 70 valence electrons. The molecule has 0 bridgehead atoms. The molecule has 0 aromatic rings. The Hall–Kier alpha value is -0.770. The van der Waals surface area contributed by atoms with Crippen LogP contribution >= 0.6 is 0 Å². The van der Waals surface area contributed by atoms with Crippen LogP contribution in [0.4, 0.5) is 4.79 Å². The van der Waals surface area contributed by atoms with Crippen LogP contribution in [0.2, 0.25) is 0 Å². The maximum atomic E-state index is 11.0. The Labute approximate surface area is 73.3 Å². The zero-order valence-corrected chi connectivity index (χ0v) is 7.60. The molecular weight excluding hydrogens is 154 g/mol. The van der Waals surface area contributed by atoms with Crippen molar-refractivity contribution >= 4 is 6.03 Å². The van der Waals surface area contributed by atoms with Crippen molar-refractivity contribution in [3.63, 3.8) is 0 Å². The highest BCUT2D eigenvalue weighted by Gasteiger charge is 2.17. The first kappa shape index (κ1) is 9.32. The van der Waals surface area contributed by atoms with Gasteiger partial charge in [0.1, 0.15) is 0 Å². The third kappa shape index (κ3) is 2.70. The van der Waals surface area contributed by atoms with Crippen LogP contribution < -0.4 is 10.6 Å². The number of amides is 2. The Balaban J connectivity index is 2.02. The van der Waals surface area contributed by atoms with Gasteiger partial charge >= 0.3 is 6.03 Å². The van der Waals surface area contributed by atoms with Gasteiger partial charge in [-0.25, -0.2) is 4.79 Å². The molecule has 0 unspecified atom stereocenters. The van der Waals surface area contributed by atoms with E-state index in [2.05, 4.69) is 17.6 Å². The molecule has 4 heteroatoms. The Morgan fingerprint density at radius 1 is 1.67 bits per heavy atom. The fourth-order valence-corrected chi connectivity index (χ4v) is 1.30. The summed E-state index contributed by atoms with van der Waals surface area (Å²) in [4.78, 5) is 12.9. The van der Waals surface area contributed by atoms with Crippen LogP contribution in [0.15, 0.2) is 0 Å². The van der Waals surface area contributed by atoms with E-state index in [0.717, 1.165) is 39.1 Å². The number of hydrogen-bond donors (Lipinski definition) is 2. The first-order valence-corrected chi connectivity index (χ1v) is 4.58. The van der Waals surface area contributed by atoms with Crippen molar-refractivity contribution in [3.05, 3.63) is 0 Å². The molecule has 1 saturated heterocycles. The molecule has 0 atom stereocenters. The summed E-state index contributed by atoms with van der Waals surface area (Å²) in [5.41, 5.74) is 0. The van der Waals surface area contributed by atoms with Crippen LogP contribution in [0, 0.1) is 0 Å². The van der Waals surface area contributed by atoms with E-state index in [1.807, 2.05) is 4.90 Å². The minimum atomic E-state index is 0.0894. The second kappa shape index (κ2) is 4.98. The molecule has 0 radical (unpaired) electrons. The van der Waals surface area contributed by atoms with Gasteiger partial charge in [-0.2, -0.15) is 0 Å². The third-order valence-electron chi connectivity index (χ3n) is 1.98. The fraction of sp³-hybridized carbons (Fsp3) is 0.875. The summed E-state index contributed by atoms with van der Waals surface area (Å²) in [6.07, 6.45) is 1.04. The van der Waals surface area contributed by atoms with Gasteiger partial charge in [0.15, 0.2) is 0 Å². The molecule has 0 aromatic heterocycles. The minimum absolute atomic E-state index is 0.0894. The molecule has 1 heterocycles. The molecule has 0 saturated carbocycles. The first-order valence-electron chi connectivity index (χ1n) is 4.58. The predicted octanol–water partition coefficient (Wildman–Crippen LogP) is 0.0112. The summed E-state index contributed by atoms with van der Waals surface area (Å²) in [5.74, 6) is 0. The van der Waals surface area contributed by atoms with E-state index in [1.54, 1.807) is 0 Å². The summed E-state index contributed by atoms with van der Waals surface area (Å²) in [5, 5.41) is 6.01. The lowest BCUT2D eigenvalue weighted by molar-refractivity contribution is 0.217. The second-order valence-electron chi connectivity index (χ2n) is 2.93. The number of rotatable bonds is 5. The highest BCUT2D eigenvalue weighted by Crippen LogP contribution is 1.96. The van der Waals surface area contributed by atoms with Gasteiger partial charge in [-0.05, 0) is 19.5 Å². The van der Waals surface area contributed by atoms with Crippen LogP contribution in [-0.2, 0) is 0 Å². The van der Waals surface area contributed by atoms with E-state index in [0.29, 0.717) is 0 Å². The standard InChI is InChI=1S/C8H17N3O/c1-2-9-4-3-6-11-7-5-10-8(11)12/h9H,2-7H2,1H3,(H,10,12). The smallest absolute Gasteiger partial charge is 0.317 e. The highest BCUT2D eigenvalue weighted by atomic mass is 16.2. The average Bonchev–Trinajstić information content (AvgIpc) is 2.46. The Morgan fingerprint density at radius 3 is 3.08 bits per heavy atom. The summed E-state index contributed by atoms with van der Waals surface area (Å²) >= 11 is 0. The normalized spacial score (nSPS) is 16.8. The molecule has 1 aliphatic heterocycles. The lowest BCUT2D eigenvalue weighted by atomic mass is 10.4. The second-order valence-corrected chi connectivity index (χ2v) is 2.93. The van der Waals surface area contributed by atoms with Crippen molar-refractivity contribution in [2.24, 2.45) is 0 Å². The molecule has 0 aromatic carbocycles. The van der Waals surface area contributed by atoms with Crippen molar-refractivity contribution in [2.45, 2.75) is 13.3 Å². The Bertz CT molecular complexity index is 149. The molecule has 12 heavy (non-hydrogen) atoms. The maximum absolute atomic E-state index is 11.0. The van der Waals surface area contributed by atoms with E-state index in [9.17, 15) is 4.79 Å². The Kier molecular flexibility index (Phi) is 3.87. The lowest BCUT2D eigenvalue weighted by Crippen LogP contribution is -2.30. The lowest BCUT2D eigenvalue weighted by Gasteiger charge is -2.13. The molecule has 1 aliphatic rings.